The maximum Gasteiger partial charge on any atom is 0.405 e. The van der Waals surface area contributed by atoms with Crippen LogP contribution in [0.2, 0.25) is 0 Å². The molecule has 0 saturated carbocycles. The lowest BCUT2D eigenvalue weighted by Crippen LogP contribution is -2.40. The van der Waals surface area contributed by atoms with Crippen molar-refractivity contribution in [3.8, 4) is 0 Å². The van der Waals surface area contributed by atoms with Gasteiger partial charge in [0.25, 0.3) is 0 Å². The van der Waals surface area contributed by atoms with E-state index in [0.717, 1.165) is 0 Å². The summed E-state index contributed by atoms with van der Waals surface area (Å²) in [5, 5.41) is 0. The molecule has 4 nitrogen and oxygen atoms in total. The number of ether oxygens (including phenoxy) is 1. The Kier molecular flexibility index (Phi) is 3.15. The highest BCUT2D eigenvalue weighted by atomic mass is 16.6. The van der Waals surface area contributed by atoms with E-state index in [2.05, 4.69) is 0 Å². The topological polar surface area (TPSA) is 78.3 Å². The Morgan fingerprint density at radius 1 is 1.70 bits per heavy atom. The van der Waals surface area contributed by atoms with Crippen molar-refractivity contribution in [2.75, 3.05) is 6.54 Å². The van der Waals surface area contributed by atoms with E-state index in [1.807, 2.05) is 6.92 Å². The van der Waals surface area contributed by atoms with Gasteiger partial charge in [-0.2, -0.15) is 0 Å². The molecule has 1 amide bonds. The van der Waals surface area contributed by atoms with Gasteiger partial charge in [-0.25, -0.2) is 4.79 Å². The lowest BCUT2D eigenvalue weighted by Gasteiger charge is -2.24. The fourth-order valence-electron chi connectivity index (χ4n) is 0.501. The highest BCUT2D eigenvalue weighted by Gasteiger charge is 2.23. The van der Waals surface area contributed by atoms with Gasteiger partial charge in [-0.3, -0.25) is 0 Å². The number of carbonyl (C=O) groups excluding carboxylic acids is 1. The fourth-order valence-corrected chi connectivity index (χ4v) is 0.501. The predicted molar refractivity (Wildman–Crippen MR) is 38.4 cm³/mol. The van der Waals surface area contributed by atoms with Gasteiger partial charge in [0.1, 0.15) is 5.60 Å². The van der Waals surface area contributed by atoms with Crippen LogP contribution in [0.1, 0.15) is 20.3 Å². The molecule has 60 valence electrons. The van der Waals surface area contributed by atoms with E-state index in [1.165, 1.54) is 0 Å². The van der Waals surface area contributed by atoms with Gasteiger partial charge in [-0.1, -0.05) is 6.92 Å². The molecule has 0 saturated heterocycles. The highest BCUT2D eigenvalue weighted by molar-refractivity contribution is 5.65. The van der Waals surface area contributed by atoms with E-state index in [4.69, 9.17) is 16.2 Å². The van der Waals surface area contributed by atoms with Crippen molar-refractivity contribution in [3.05, 3.63) is 0 Å². The summed E-state index contributed by atoms with van der Waals surface area (Å²) in [7, 11) is 0. The molecule has 4 heteroatoms. The summed E-state index contributed by atoms with van der Waals surface area (Å²) in [4.78, 5) is 10.3. The number of rotatable bonds is 3. The SMILES string of the molecule is CCC(C)(CN)OC(N)=O. The molecule has 0 fully saturated rings. The van der Waals surface area contributed by atoms with Crippen LogP contribution in [0.25, 0.3) is 0 Å². The van der Waals surface area contributed by atoms with Crippen molar-refractivity contribution >= 4 is 6.09 Å². The molecule has 0 spiro atoms. The third kappa shape index (κ3) is 2.68. The summed E-state index contributed by atoms with van der Waals surface area (Å²) in [5.74, 6) is 0. The van der Waals surface area contributed by atoms with E-state index in [0.29, 0.717) is 13.0 Å². The molecule has 0 heterocycles. The first-order chi connectivity index (χ1) is 4.54. The van der Waals surface area contributed by atoms with Gasteiger partial charge in [-0.15, -0.1) is 0 Å². The first-order valence-electron chi connectivity index (χ1n) is 3.22. The van der Waals surface area contributed by atoms with Crippen LogP contribution in [0, 0.1) is 0 Å². The van der Waals surface area contributed by atoms with Crippen LogP contribution >= 0.6 is 0 Å². The van der Waals surface area contributed by atoms with Crippen LogP contribution in [-0.2, 0) is 4.74 Å². The van der Waals surface area contributed by atoms with Crippen molar-refractivity contribution in [1.82, 2.24) is 0 Å². The van der Waals surface area contributed by atoms with Gasteiger partial charge in [0.2, 0.25) is 0 Å². The first-order valence-corrected chi connectivity index (χ1v) is 3.22. The highest BCUT2D eigenvalue weighted by Crippen LogP contribution is 2.12. The third-order valence-electron chi connectivity index (χ3n) is 1.53. The predicted octanol–water partition coefficient (Wildman–Crippen LogP) is 0.209. The van der Waals surface area contributed by atoms with Gasteiger partial charge in [0, 0.05) is 6.54 Å². The van der Waals surface area contributed by atoms with E-state index >= 15 is 0 Å². The minimum absolute atomic E-state index is 0.298. The average Bonchev–Trinajstić information content (AvgIpc) is 1.87. The van der Waals surface area contributed by atoms with E-state index in [-0.39, 0.29) is 0 Å². The minimum atomic E-state index is -0.769. The van der Waals surface area contributed by atoms with Crippen LogP contribution in [0.15, 0.2) is 0 Å². The molecule has 10 heavy (non-hydrogen) atoms. The molecule has 0 aromatic carbocycles. The number of hydrogen-bond acceptors (Lipinski definition) is 3. The summed E-state index contributed by atoms with van der Waals surface area (Å²) in [5.41, 5.74) is 9.55. The molecule has 0 radical (unpaired) electrons. The molecule has 0 aliphatic rings. The second-order valence-corrected chi connectivity index (χ2v) is 2.43. The second kappa shape index (κ2) is 3.41. The normalized spacial score (nSPS) is 15.9. The Hall–Kier alpha value is -0.770. The number of primary amides is 1. The zero-order valence-corrected chi connectivity index (χ0v) is 6.39. The molecular weight excluding hydrogens is 132 g/mol. The molecular formula is C6H14N2O2. The van der Waals surface area contributed by atoms with E-state index in [1.54, 1.807) is 6.92 Å². The Morgan fingerprint density at radius 2 is 2.20 bits per heavy atom. The third-order valence-corrected chi connectivity index (χ3v) is 1.53. The van der Waals surface area contributed by atoms with Crippen LogP contribution in [0.3, 0.4) is 0 Å². The second-order valence-electron chi connectivity index (χ2n) is 2.43. The summed E-state index contributed by atoms with van der Waals surface area (Å²) in [6, 6.07) is 0. The van der Waals surface area contributed by atoms with Crippen molar-refractivity contribution in [2.45, 2.75) is 25.9 Å². The fraction of sp³-hybridized carbons (Fsp3) is 0.833. The lowest BCUT2D eigenvalue weighted by molar-refractivity contribution is 0.0349. The number of amides is 1. The van der Waals surface area contributed by atoms with Gasteiger partial charge in [0.05, 0.1) is 0 Å². The number of hydrogen-bond donors (Lipinski definition) is 2. The van der Waals surface area contributed by atoms with Crippen LogP contribution in [0.5, 0.6) is 0 Å². The molecule has 1 unspecified atom stereocenters. The van der Waals surface area contributed by atoms with Crippen molar-refractivity contribution in [1.29, 1.82) is 0 Å². The summed E-state index contributed by atoms with van der Waals surface area (Å²) in [6.45, 7) is 3.93. The number of nitrogens with two attached hydrogens (primary N) is 2. The van der Waals surface area contributed by atoms with Crippen LogP contribution in [-0.4, -0.2) is 18.2 Å². The zero-order chi connectivity index (χ0) is 8.20. The monoisotopic (exact) mass is 146 g/mol. The molecule has 0 aromatic rings. The lowest BCUT2D eigenvalue weighted by atomic mass is 10.0. The summed E-state index contributed by atoms with van der Waals surface area (Å²) < 4.78 is 4.75. The van der Waals surface area contributed by atoms with E-state index < -0.39 is 11.7 Å². The Balaban J connectivity index is 3.92. The number of carbonyl (C=O) groups is 1. The smallest absolute Gasteiger partial charge is 0.405 e. The first kappa shape index (κ1) is 9.23. The van der Waals surface area contributed by atoms with Gasteiger partial charge < -0.3 is 16.2 Å². The quantitative estimate of drug-likeness (QED) is 0.597. The van der Waals surface area contributed by atoms with Crippen LogP contribution < -0.4 is 11.5 Å². The molecule has 0 rings (SSSR count). The molecule has 0 aliphatic heterocycles. The van der Waals surface area contributed by atoms with Gasteiger partial charge in [-0.05, 0) is 13.3 Å². The molecule has 0 aliphatic carbocycles. The van der Waals surface area contributed by atoms with Gasteiger partial charge in [0.15, 0.2) is 0 Å². The van der Waals surface area contributed by atoms with Crippen molar-refractivity contribution in [2.24, 2.45) is 11.5 Å². The van der Waals surface area contributed by atoms with Crippen molar-refractivity contribution < 1.29 is 9.53 Å². The largest absolute Gasteiger partial charge is 0.442 e. The minimum Gasteiger partial charge on any atom is -0.442 e. The molecule has 0 bridgehead atoms. The van der Waals surface area contributed by atoms with Gasteiger partial charge >= 0.3 is 6.09 Å². The standard InChI is InChI=1S/C6H14N2O2/c1-3-6(2,4-7)10-5(8)9/h3-4,7H2,1-2H3,(H2,8,9). The van der Waals surface area contributed by atoms with E-state index in [9.17, 15) is 4.79 Å². The molecule has 0 aromatic heterocycles. The zero-order valence-electron chi connectivity index (χ0n) is 6.39. The van der Waals surface area contributed by atoms with Crippen LogP contribution in [0.4, 0.5) is 4.79 Å². The summed E-state index contributed by atoms with van der Waals surface area (Å²) in [6.07, 6.45) is -0.0956. The maximum atomic E-state index is 10.3. The Labute approximate surface area is 60.5 Å². The average molecular weight is 146 g/mol. The Morgan fingerprint density at radius 3 is 2.30 bits per heavy atom. The van der Waals surface area contributed by atoms with Crippen molar-refractivity contribution in [3.63, 3.8) is 0 Å². The summed E-state index contributed by atoms with van der Waals surface area (Å²) >= 11 is 0. The maximum absolute atomic E-state index is 10.3. The molecule has 4 N–H and O–H groups in total. The molecule has 1 atom stereocenters. The Bertz CT molecular complexity index is 121.